The van der Waals surface area contributed by atoms with Crippen molar-refractivity contribution >= 4 is 11.6 Å². The van der Waals surface area contributed by atoms with Gasteiger partial charge in [0.05, 0.1) is 17.8 Å². The second-order valence-electron chi connectivity index (χ2n) is 5.03. The molecule has 0 aliphatic heterocycles. The van der Waals surface area contributed by atoms with E-state index in [1.54, 1.807) is 4.68 Å². The predicted molar refractivity (Wildman–Crippen MR) is 81.2 cm³/mol. The van der Waals surface area contributed by atoms with Crippen LogP contribution in [0.5, 0.6) is 5.75 Å². The number of hydrogen-bond acceptors (Lipinski definition) is 3. The molecule has 2 aromatic rings. The summed E-state index contributed by atoms with van der Waals surface area (Å²) >= 11 is 6.22. The molecule has 0 amide bonds. The van der Waals surface area contributed by atoms with Gasteiger partial charge in [-0.3, -0.25) is 4.68 Å². The van der Waals surface area contributed by atoms with Gasteiger partial charge in [0.25, 0.3) is 0 Å². The average molecular weight is 294 g/mol. The quantitative estimate of drug-likeness (QED) is 0.890. The molecule has 0 bridgehead atoms. The van der Waals surface area contributed by atoms with E-state index in [2.05, 4.69) is 5.10 Å². The maximum atomic E-state index is 6.22. The van der Waals surface area contributed by atoms with Crippen molar-refractivity contribution in [2.24, 2.45) is 12.8 Å². The van der Waals surface area contributed by atoms with Crippen molar-refractivity contribution in [2.45, 2.75) is 25.8 Å². The lowest BCUT2D eigenvalue weighted by Gasteiger charge is -2.14. The molecule has 0 saturated carbocycles. The minimum Gasteiger partial charge on any atom is -0.491 e. The Labute approximate surface area is 124 Å². The van der Waals surface area contributed by atoms with Crippen LogP contribution in [0.15, 0.2) is 30.6 Å². The Hall–Kier alpha value is -1.52. The molecule has 1 atom stereocenters. The zero-order chi connectivity index (χ0) is 14.5. The first-order chi connectivity index (χ1) is 9.56. The normalized spacial score (nSPS) is 12.4. The molecule has 20 heavy (non-hydrogen) atoms. The summed E-state index contributed by atoms with van der Waals surface area (Å²) in [5.41, 5.74) is 8.06. The number of hydrogen-bond donors (Lipinski definition) is 1. The number of nitrogens with two attached hydrogens (primary N) is 1. The highest BCUT2D eigenvalue weighted by Gasteiger charge is 2.10. The van der Waals surface area contributed by atoms with Gasteiger partial charge in [0, 0.05) is 25.7 Å². The van der Waals surface area contributed by atoms with E-state index in [0.29, 0.717) is 11.6 Å². The first kappa shape index (κ1) is 14.9. The second kappa shape index (κ2) is 6.77. The smallest absolute Gasteiger partial charge is 0.141 e. The van der Waals surface area contributed by atoms with Crippen LogP contribution in [0.25, 0.3) is 0 Å². The van der Waals surface area contributed by atoms with Gasteiger partial charge in [-0.2, -0.15) is 5.10 Å². The maximum Gasteiger partial charge on any atom is 0.141 e. The minimum absolute atomic E-state index is 0.0779. The predicted octanol–water partition coefficient (Wildman–Crippen LogP) is 2.58. The van der Waals surface area contributed by atoms with Gasteiger partial charge in [0.2, 0.25) is 0 Å². The van der Waals surface area contributed by atoms with Gasteiger partial charge in [-0.15, -0.1) is 0 Å². The lowest BCUT2D eigenvalue weighted by atomic mass is 10.1. The summed E-state index contributed by atoms with van der Waals surface area (Å²) in [5.74, 6) is 0.746. The van der Waals surface area contributed by atoms with E-state index in [1.807, 2.05) is 44.6 Å². The third-order valence-electron chi connectivity index (χ3n) is 2.99. The molecule has 0 spiro atoms. The summed E-state index contributed by atoms with van der Waals surface area (Å²) in [5, 5.41) is 4.77. The molecule has 1 heterocycles. The van der Waals surface area contributed by atoms with Crippen LogP contribution in [0.2, 0.25) is 5.02 Å². The molecule has 5 heteroatoms. The van der Waals surface area contributed by atoms with Crippen molar-refractivity contribution in [3.8, 4) is 5.75 Å². The topological polar surface area (TPSA) is 53.1 Å². The largest absolute Gasteiger partial charge is 0.491 e. The van der Waals surface area contributed by atoms with E-state index in [-0.39, 0.29) is 6.04 Å². The molecule has 1 unspecified atom stereocenters. The van der Waals surface area contributed by atoms with Gasteiger partial charge in [-0.05, 0) is 30.5 Å². The first-order valence-electron chi connectivity index (χ1n) is 6.69. The molecule has 0 aliphatic rings. The Morgan fingerprint density at radius 3 is 2.90 bits per heavy atom. The lowest BCUT2D eigenvalue weighted by molar-refractivity contribution is 0.318. The molecular formula is C15H20ClN3O. The van der Waals surface area contributed by atoms with E-state index in [0.717, 1.165) is 29.7 Å². The fourth-order valence-corrected chi connectivity index (χ4v) is 2.34. The zero-order valence-electron chi connectivity index (χ0n) is 11.8. The number of halogens is 1. The van der Waals surface area contributed by atoms with E-state index >= 15 is 0 Å². The van der Waals surface area contributed by atoms with Crippen LogP contribution in [0.1, 0.15) is 18.1 Å². The Bertz CT molecular complexity index is 566. The molecule has 108 valence electrons. The highest BCUT2D eigenvalue weighted by Crippen LogP contribution is 2.29. The summed E-state index contributed by atoms with van der Waals surface area (Å²) < 4.78 is 7.64. The summed E-state index contributed by atoms with van der Waals surface area (Å²) in [6, 6.07) is 5.85. The summed E-state index contributed by atoms with van der Waals surface area (Å²) in [6.07, 6.45) is 5.39. The molecule has 1 aromatic heterocycles. The standard InChI is InChI=1S/C15H20ClN3O/c1-11(17)8-13-4-3-5-14(16)15(13)20-7-6-12-9-18-19(2)10-12/h3-5,9-11H,6-8,17H2,1-2H3. The Morgan fingerprint density at radius 2 is 2.25 bits per heavy atom. The van der Waals surface area contributed by atoms with Crippen LogP contribution in [-0.2, 0) is 19.9 Å². The van der Waals surface area contributed by atoms with Crippen molar-refractivity contribution in [1.29, 1.82) is 0 Å². The Balaban J connectivity index is 2.01. The molecule has 1 aromatic carbocycles. The first-order valence-corrected chi connectivity index (χ1v) is 7.07. The number of ether oxygens (including phenoxy) is 1. The minimum atomic E-state index is 0.0779. The number of para-hydroxylation sites is 1. The van der Waals surface area contributed by atoms with E-state index < -0.39 is 0 Å². The number of aryl methyl sites for hydroxylation is 1. The summed E-state index contributed by atoms with van der Waals surface area (Å²) in [7, 11) is 1.90. The van der Waals surface area contributed by atoms with Gasteiger partial charge in [-0.25, -0.2) is 0 Å². The van der Waals surface area contributed by atoms with Crippen molar-refractivity contribution in [2.75, 3.05) is 6.61 Å². The van der Waals surface area contributed by atoms with Gasteiger partial charge in [0.15, 0.2) is 0 Å². The highest BCUT2D eigenvalue weighted by atomic mass is 35.5. The van der Waals surface area contributed by atoms with Crippen LogP contribution < -0.4 is 10.5 Å². The lowest BCUT2D eigenvalue weighted by Crippen LogP contribution is -2.18. The van der Waals surface area contributed by atoms with Crippen molar-refractivity contribution in [1.82, 2.24) is 9.78 Å². The van der Waals surface area contributed by atoms with Crippen molar-refractivity contribution < 1.29 is 4.74 Å². The van der Waals surface area contributed by atoms with Gasteiger partial charge in [0.1, 0.15) is 5.75 Å². The number of benzene rings is 1. The highest BCUT2D eigenvalue weighted by molar-refractivity contribution is 6.32. The monoisotopic (exact) mass is 293 g/mol. The molecule has 0 aliphatic carbocycles. The second-order valence-corrected chi connectivity index (χ2v) is 5.44. The number of nitrogens with zero attached hydrogens (tertiary/aromatic N) is 2. The van der Waals surface area contributed by atoms with E-state index in [1.165, 1.54) is 0 Å². The fourth-order valence-electron chi connectivity index (χ4n) is 2.09. The molecular weight excluding hydrogens is 274 g/mol. The fraction of sp³-hybridized carbons (Fsp3) is 0.400. The molecule has 0 radical (unpaired) electrons. The van der Waals surface area contributed by atoms with E-state index in [9.17, 15) is 0 Å². The van der Waals surface area contributed by atoms with Crippen LogP contribution in [0.4, 0.5) is 0 Å². The van der Waals surface area contributed by atoms with Gasteiger partial charge in [-0.1, -0.05) is 23.7 Å². The SMILES string of the molecule is CC(N)Cc1cccc(Cl)c1OCCc1cnn(C)c1. The van der Waals surface area contributed by atoms with Crippen LogP contribution in [0, 0.1) is 0 Å². The van der Waals surface area contributed by atoms with Crippen molar-refractivity contribution in [3.63, 3.8) is 0 Å². The zero-order valence-corrected chi connectivity index (χ0v) is 12.6. The van der Waals surface area contributed by atoms with Crippen LogP contribution in [0.3, 0.4) is 0 Å². The number of aromatic nitrogens is 2. The summed E-state index contributed by atoms with van der Waals surface area (Å²) in [6.45, 7) is 2.54. The summed E-state index contributed by atoms with van der Waals surface area (Å²) in [4.78, 5) is 0. The maximum absolute atomic E-state index is 6.22. The molecule has 0 saturated heterocycles. The molecule has 4 nitrogen and oxygen atoms in total. The molecule has 0 fully saturated rings. The average Bonchev–Trinajstić information content (AvgIpc) is 2.78. The number of rotatable bonds is 6. The third-order valence-corrected chi connectivity index (χ3v) is 3.28. The van der Waals surface area contributed by atoms with E-state index in [4.69, 9.17) is 22.1 Å². The molecule has 2 N–H and O–H groups in total. The van der Waals surface area contributed by atoms with Crippen molar-refractivity contribution in [3.05, 3.63) is 46.7 Å². The Morgan fingerprint density at radius 1 is 1.45 bits per heavy atom. The van der Waals surface area contributed by atoms with Gasteiger partial charge >= 0.3 is 0 Å². The Kier molecular flexibility index (Phi) is 5.04. The molecule has 2 rings (SSSR count). The van der Waals surface area contributed by atoms with Crippen LogP contribution in [-0.4, -0.2) is 22.4 Å². The van der Waals surface area contributed by atoms with Crippen LogP contribution >= 0.6 is 11.6 Å². The third kappa shape index (κ3) is 3.99. The van der Waals surface area contributed by atoms with Gasteiger partial charge < -0.3 is 10.5 Å².